The minimum Gasteiger partial charge on any atom is -0.494 e. The normalized spacial score (nSPS) is 14.4. The Labute approximate surface area is 240 Å². The van der Waals surface area contributed by atoms with Crippen LogP contribution in [0.25, 0.3) is 17.0 Å². The fourth-order valence-corrected chi connectivity index (χ4v) is 5.21. The average molecular weight is 578 g/mol. The number of halogens is 2. The zero-order chi connectivity index (χ0) is 28.4. The fourth-order valence-electron chi connectivity index (χ4n) is 4.63. The third-order valence-electron chi connectivity index (χ3n) is 6.56. The molecule has 204 valence electrons. The van der Waals surface area contributed by atoms with E-state index < -0.39 is 17.7 Å². The van der Waals surface area contributed by atoms with Gasteiger partial charge in [-0.05, 0) is 67.7 Å². The summed E-state index contributed by atoms with van der Waals surface area (Å²) in [6.45, 7) is 2.34. The lowest BCUT2D eigenvalue weighted by molar-refractivity contribution is -0.140. The number of carbonyl (C=O) groups is 2. The lowest BCUT2D eigenvalue weighted by atomic mass is 10.1. The molecule has 7 nitrogen and oxygen atoms in total. The molecule has 0 atom stereocenters. The molecular formula is C30H25ClFN3O4S. The smallest absolute Gasteiger partial charge is 0.325 e. The van der Waals surface area contributed by atoms with E-state index in [0.717, 1.165) is 10.9 Å². The number of esters is 1. The van der Waals surface area contributed by atoms with Gasteiger partial charge in [-0.1, -0.05) is 35.9 Å². The lowest BCUT2D eigenvalue weighted by Gasteiger charge is -2.19. The number of amides is 1. The van der Waals surface area contributed by atoms with E-state index in [1.165, 1.54) is 23.0 Å². The highest BCUT2D eigenvalue weighted by Crippen LogP contribution is 2.33. The third-order valence-corrected chi connectivity index (χ3v) is 7.31. The van der Waals surface area contributed by atoms with Crippen LogP contribution < -0.4 is 9.64 Å². The summed E-state index contributed by atoms with van der Waals surface area (Å²) in [5.41, 5.74) is 2.61. The molecule has 5 rings (SSSR count). The van der Waals surface area contributed by atoms with Gasteiger partial charge in [0.25, 0.3) is 5.91 Å². The van der Waals surface area contributed by atoms with Crippen LogP contribution in [0.3, 0.4) is 0 Å². The number of fused-ring (bicyclic) bond motifs is 1. The van der Waals surface area contributed by atoms with Gasteiger partial charge >= 0.3 is 5.97 Å². The number of methoxy groups -OCH3 is 1. The van der Waals surface area contributed by atoms with E-state index in [0.29, 0.717) is 34.2 Å². The molecule has 0 spiro atoms. The predicted molar refractivity (Wildman–Crippen MR) is 157 cm³/mol. The van der Waals surface area contributed by atoms with E-state index in [2.05, 4.69) is 0 Å². The molecule has 0 aliphatic carbocycles. The van der Waals surface area contributed by atoms with Crippen molar-refractivity contribution in [1.29, 1.82) is 0 Å². The summed E-state index contributed by atoms with van der Waals surface area (Å²) in [6, 6.07) is 19.1. The monoisotopic (exact) mass is 577 g/mol. The molecule has 1 aromatic heterocycles. The summed E-state index contributed by atoms with van der Waals surface area (Å²) in [7, 11) is 1.28. The maximum atomic E-state index is 14.6. The van der Waals surface area contributed by atoms with Crippen LogP contribution in [0.1, 0.15) is 18.1 Å². The van der Waals surface area contributed by atoms with Gasteiger partial charge in [0.15, 0.2) is 5.11 Å². The Kier molecular flexibility index (Phi) is 7.86. The van der Waals surface area contributed by atoms with Crippen molar-refractivity contribution in [3.05, 3.63) is 101 Å². The standard InChI is InChI=1S/C30H25ClFN3O4S/c1-3-39-21-13-11-20(12-14-21)35-29(37)27(34(30(35)40)18-28(36)38-2)15-19-16-33(26-10-5-4-7-22(19)26)17-23-24(31)8-6-9-25(23)32/h4-16H,3,17-18H2,1-2H3/b27-15-. The Morgan fingerprint density at radius 3 is 2.52 bits per heavy atom. The molecule has 4 aromatic rings. The van der Waals surface area contributed by atoms with Crippen molar-refractivity contribution in [2.45, 2.75) is 13.5 Å². The van der Waals surface area contributed by atoms with Crippen molar-refractivity contribution in [2.75, 3.05) is 25.2 Å². The van der Waals surface area contributed by atoms with E-state index in [4.69, 9.17) is 33.3 Å². The maximum Gasteiger partial charge on any atom is 0.325 e. The van der Waals surface area contributed by atoms with Crippen molar-refractivity contribution in [3.8, 4) is 5.75 Å². The molecule has 1 fully saturated rings. The summed E-state index contributed by atoms with van der Waals surface area (Å²) in [5, 5.41) is 1.30. The van der Waals surface area contributed by atoms with Crippen molar-refractivity contribution >= 4 is 63.5 Å². The van der Waals surface area contributed by atoms with Gasteiger partial charge in [-0.3, -0.25) is 14.5 Å². The van der Waals surface area contributed by atoms with Crippen LogP contribution in [0.5, 0.6) is 5.75 Å². The van der Waals surface area contributed by atoms with E-state index >= 15 is 0 Å². The summed E-state index contributed by atoms with van der Waals surface area (Å²) in [5.74, 6) is -0.691. The van der Waals surface area contributed by atoms with E-state index in [9.17, 15) is 14.0 Å². The quantitative estimate of drug-likeness (QED) is 0.145. The number of nitrogens with zero attached hydrogens (tertiary/aromatic N) is 3. The third kappa shape index (κ3) is 5.17. The Hall–Kier alpha value is -4.21. The number of hydrogen-bond donors (Lipinski definition) is 0. The van der Waals surface area contributed by atoms with Gasteiger partial charge in [-0.15, -0.1) is 0 Å². The minimum atomic E-state index is -0.550. The number of aromatic nitrogens is 1. The molecule has 0 bridgehead atoms. The maximum absolute atomic E-state index is 14.6. The first-order valence-corrected chi connectivity index (χ1v) is 13.3. The molecule has 40 heavy (non-hydrogen) atoms. The van der Waals surface area contributed by atoms with Crippen LogP contribution in [0, 0.1) is 5.82 Å². The molecule has 1 amide bonds. The van der Waals surface area contributed by atoms with Crippen molar-refractivity contribution in [3.63, 3.8) is 0 Å². The second-order valence-electron chi connectivity index (χ2n) is 8.97. The Bertz CT molecular complexity index is 1630. The summed E-state index contributed by atoms with van der Waals surface area (Å²) < 4.78 is 26.9. The molecule has 0 radical (unpaired) electrons. The molecule has 3 aromatic carbocycles. The first-order chi connectivity index (χ1) is 19.3. The minimum absolute atomic E-state index is 0.146. The largest absolute Gasteiger partial charge is 0.494 e. The van der Waals surface area contributed by atoms with Gasteiger partial charge in [0.2, 0.25) is 0 Å². The summed E-state index contributed by atoms with van der Waals surface area (Å²) >= 11 is 12.0. The molecule has 0 N–H and O–H groups in total. The van der Waals surface area contributed by atoms with E-state index in [1.54, 1.807) is 42.5 Å². The molecule has 0 unspecified atom stereocenters. The van der Waals surface area contributed by atoms with E-state index in [-0.39, 0.29) is 23.9 Å². The van der Waals surface area contributed by atoms with Gasteiger partial charge in [-0.25, -0.2) is 4.39 Å². The highest BCUT2D eigenvalue weighted by atomic mass is 35.5. The van der Waals surface area contributed by atoms with Gasteiger partial charge in [0.1, 0.15) is 23.8 Å². The molecule has 1 aliphatic rings. The van der Waals surface area contributed by atoms with Gasteiger partial charge in [-0.2, -0.15) is 0 Å². The number of carbonyl (C=O) groups excluding carboxylic acids is 2. The Balaban J connectivity index is 1.59. The molecule has 1 saturated heterocycles. The topological polar surface area (TPSA) is 64.0 Å². The van der Waals surface area contributed by atoms with Crippen LogP contribution in [-0.4, -0.2) is 46.7 Å². The van der Waals surface area contributed by atoms with Crippen LogP contribution in [0.4, 0.5) is 10.1 Å². The molecule has 0 saturated carbocycles. The number of ether oxygens (including phenoxy) is 2. The SMILES string of the molecule is CCOc1ccc(N2C(=O)/C(=C/c3cn(Cc4c(F)cccc4Cl)c4ccccc34)N(CC(=O)OC)C2=S)cc1. The number of anilines is 1. The number of benzene rings is 3. The number of thiocarbonyl (C=S) groups is 1. The number of hydrogen-bond acceptors (Lipinski definition) is 5. The van der Waals surface area contributed by atoms with Crippen LogP contribution in [-0.2, 0) is 20.9 Å². The van der Waals surface area contributed by atoms with Crippen molar-refractivity contribution in [2.24, 2.45) is 0 Å². The number of para-hydroxylation sites is 1. The van der Waals surface area contributed by atoms with E-state index in [1.807, 2.05) is 42.0 Å². The van der Waals surface area contributed by atoms with Gasteiger partial charge in [0.05, 0.1) is 25.9 Å². The van der Waals surface area contributed by atoms with Gasteiger partial charge < -0.3 is 18.9 Å². The summed E-state index contributed by atoms with van der Waals surface area (Å²) in [4.78, 5) is 28.9. The Morgan fingerprint density at radius 1 is 1.07 bits per heavy atom. The van der Waals surface area contributed by atoms with Crippen LogP contribution >= 0.6 is 23.8 Å². The Morgan fingerprint density at radius 2 is 1.82 bits per heavy atom. The van der Waals surface area contributed by atoms with Crippen molar-refractivity contribution in [1.82, 2.24) is 9.47 Å². The lowest BCUT2D eigenvalue weighted by Crippen LogP contribution is -2.35. The molecule has 1 aliphatic heterocycles. The zero-order valence-corrected chi connectivity index (χ0v) is 23.3. The second kappa shape index (κ2) is 11.5. The fraction of sp³-hybridized carbons (Fsp3) is 0.167. The average Bonchev–Trinajstić information content (AvgIpc) is 3.41. The molecule has 10 heteroatoms. The first-order valence-electron chi connectivity index (χ1n) is 12.5. The van der Waals surface area contributed by atoms with Gasteiger partial charge in [0, 0.05) is 33.2 Å². The van der Waals surface area contributed by atoms with Crippen LogP contribution in [0.15, 0.2) is 78.6 Å². The zero-order valence-electron chi connectivity index (χ0n) is 21.8. The predicted octanol–water partition coefficient (Wildman–Crippen LogP) is 6.03. The highest BCUT2D eigenvalue weighted by molar-refractivity contribution is 7.80. The van der Waals surface area contributed by atoms with Crippen LogP contribution in [0.2, 0.25) is 5.02 Å². The summed E-state index contributed by atoms with van der Waals surface area (Å²) in [6.07, 6.45) is 3.51. The first kappa shape index (κ1) is 27.4. The molecular weight excluding hydrogens is 553 g/mol. The number of rotatable bonds is 8. The molecule has 2 heterocycles. The van der Waals surface area contributed by atoms with Crippen molar-refractivity contribution < 1.29 is 23.5 Å². The second-order valence-corrected chi connectivity index (χ2v) is 9.74. The highest BCUT2D eigenvalue weighted by Gasteiger charge is 2.40.